The Balaban J connectivity index is 0. The van der Waals surface area contributed by atoms with E-state index in [-0.39, 0.29) is 30.3 Å². The smallest absolute Gasteiger partial charge is 0.337 e. The van der Waals surface area contributed by atoms with Crippen LogP contribution in [-0.4, -0.2) is 61.0 Å². The maximum atomic E-state index is 11.2. The molecular weight excluding hydrogens is 492 g/mol. The molecule has 0 aliphatic carbocycles. The molecule has 0 atom stereocenters. The molecule has 0 saturated heterocycles. The number of rotatable bonds is 13. The Bertz CT molecular complexity index is 973. The van der Waals surface area contributed by atoms with Crippen LogP contribution < -0.4 is 0 Å². The summed E-state index contributed by atoms with van der Waals surface area (Å²) in [5.74, 6) is -2.49. The number of aliphatic hydroxyl groups is 1. The van der Waals surface area contributed by atoms with Crippen LogP contribution in [0.3, 0.4) is 0 Å². The molecular formula is C29H38O9. The van der Waals surface area contributed by atoms with Crippen molar-refractivity contribution >= 4 is 30.0 Å². The van der Waals surface area contributed by atoms with Crippen LogP contribution in [0.1, 0.15) is 38.7 Å². The van der Waals surface area contributed by atoms with Gasteiger partial charge in [-0.2, -0.15) is 0 Å². The second-order valence-electron chi connectivity index (χ2n) is 7.35. The summed E-state index contributed by atoms with van der Waals surface area (Å²) in [6.45, 7) is 13.9. The van der Waals surface area contributed by atoms with Gasteiger partial charge in [-0.1, -0.05) is 75.6 Å². The van der Waals surface area contributed by atoms with Crippen LogP contribution in [0.15, 0.2) is 85.0 Å². The highest BCUT2D eigenvalue weighted by Gasteiger charge is 2.08. The van der Waals surface area contributed by atoms with Crippen molar-refractivity contribution in [2.45, 2.75) is 33.1 Å². The van der Waals surface area contributed by atoms with Crippen LogP contribution in [0.25, 0.3) is 6.08 Å². The highest BCUT2D eigenvalue weighted by molar-refractivity contribution is 5.95. The molecule has 1 aromatic rings. The van der Waals surface area contributed by atoms with Crippen molar-refractivity contribution in [1.29, 1.82) is 0 Å². The lowest BCUT2D eigenvalue weighted by atomic mass is 10.1. The Morgan fingerprint density at radius 2 is 1.63 bits per heavy atom. The fourth-order valence-corrected chi connectivity index (χ4v) is 2.12. The summed E-state index contributed by atoms with van der Waals surface area (Å²) in [7, 11) is 1.36. The number of carbonyl (C=O) groups is 4. The van der Waals surface area contributed by atoms with Crippen LogP contribution in [0, 0.1) is 0 Å². The lowest BCUT2D eigenvalue weighted by Gasteiger charge is -2.03. The zero-order valence-electron chi connectivity index (χ0n) is 22.3. The number of carboxylic acid groups (broad SMARTS) is 1. The number of aliphatic hydroxyl groups excluding tert-OH is 1. The average molecular weight is 531 g/mol. The Labute approximate surface area is 224 Å². The molecule has 0 amide bonds. The number of benzene rings is 1. The quantitative estimate of drug-likeness (QED) is 0.125. The standard InChI is InChI=1S/C13H14O2.C11H16O4.C5H8O3/c1-11(13(14)15-2)7-6-10-12-8-4-3-5-9-12;1-4-5-6-15-11(14)9(3)7-8(2)10(12)13;1-2-5(7)8-4-3-6/h3-6,8-10H,1,7H2,2H3;7H,3-6H2,1-2H3,(H,12,13);2,6H,1,3-4H2. The second kappa shape index (κ2) is 23.2. The van der Waals surface area contributed by atoms with E-state index >= 15 is 0 Å². The zero-order chi connectivity index (χ0) is 29.3. The summed E-state index contributed by atoms with van der Waals surface area (Å²) in [4.78, 5) is 42.8. The van der Waals surface area contributed by atoms with Gasteiger partial charge in [0.15, 0.2) is 0 Å². The van der Waals surface area contributed by atoms with E-state index in [0.717, 1.165) is 24.5 Å². The third kappa shape index (κ3) is 20.0. The van der Waals surface area contributed by atoms with Crippen molar-refractivity contribution in [3.05, 3.63) is 90.6 Å². The van der Waals surface area contributed by atoms with E-state index in [1.807, 2.05) is 49.4 Å². The zero-order valence-corrected chi connectivity index (χ0v) is 22.3. The molecule has 2 N–H and O–H groups in total. The minimum atomic E-state index is -1.07. The summed E-state index contributed by atoms with van der Waals surface area (Å²) in [6, 6.07) is 9.89. The maximum absolute atomic E-state index is 11.2. The predicted molar refractivity (Wildman–Crippen MR) is 146 cm³/mol. The summed E-state index contributed by atoms with van der Waals surface area (Å²) >= 11 is 0. The Morgan fingerprint density at radius 3 is 2.13 bits per heavy atom. The highest BCUT2D eigenvalue weighted by atomic mass is 16.5. The van der Waals surface area contributed by atoms with E-state index < -0.39 is 17.9 Å². The summed E-state index contributed by atoms with van der Waals surface area (Å²) < 4.78 is 13.7. The van der Waals surface area contributed by atoms with Gasteiger partial charge in [-0.15, -0.1) is 0 Å². The normalized spacial score (nSPS) is 10.1. The molecule has 1 aromatic carbocycles. The van der Waals surface area contributed by atoms with Gasteiger partial charge in [0, 0.05) is 17.2 Å². The number of hydrogen-bond acceptors (Lipinski definition) is 8. The lowest BCUT2D eigenvalue weighted by Crippen LogP contribution is -2.08. The first-order valence-corrected chi connectivity index (χ1v) is 11.7. The van der Waals surface area contributed by atoms with E-state index in [2.05, 4.69) is 29.2 Å². The SMILES string of the molecule is C=C(C=C(C)C(=O)O)C(=O)OCCCC.C=C(CC=Cc1ccccc1)C(=O)OC.C=CC(=O)OCCO. The monoisotopic (exact) mass is 530 g/mol. The highest BCUT2D eigenvalue weighted by Crippen LogP contribution is 2.06. The van der Waals surface area contributed by atoms with Crippen molar-refractivity contribution in [3.8, 4) is 0 Å². The minimum Gasteiger partial charge on any atom is -0.478 e. The molecule has 0 spiro atoms. The molecule has 0 aromatic heterocycles. The molecule has 0 saturated carbocycles. The topological polar surface area (TPSA) is 136 Å². The number of aliphatic carboxylic acids is 1. The molecule has 0 fully saturated rings. The molecule has 0 radical (unpaired) electrons. The minimum absolute atomic E-state index is 0.0465. The lowest BCUT2D eigenvalue weighted by molar-refractivity contribution is -0.139. The van der Waals surface area contributed by atoms with Crippen LogP contribution in [-0.2, 0) is 33.4 Å². The van der Waals surface area contributed by atoms with Gasteiger partial charge in [-0.05, 0) is 31.4 Å². The van der Waals surface area contributed by atoms with Crippen molar-refractivity contribution in [2.24, 2.45) is 0 Å². The van der Waals surface area contributed by atoms with E-state index in [0.29, 0.717) is 18.6 Å². The predicted octanol–water partition coefficient (Wildman–Crippen LogP) is 4.44. The van der Waals surface area contributed by atoms with Gasteiger partial charge in [-0.3, -0.25) is 0 Å². The van der Waals surface area contributed by atoms with Gasteiger partial charge in [0.25, 0.3) is 0 Å². The average Bonchev–Trinajstić information content (AvgIpc) is 2.92. The summed E-state index contributed by atoms with van der Waals surface area (Å²) in [5.41, 5.74) is 1.69. The third-order valence-electron chi connectivity index (χ3n) is 4.17. The van der Waals surface area contributed by atoms with Crippen LogP contribution in [0.5, 0.6) is 0 Å². The molecule has 0 heterocycles. The van der Waals surface area contributed by atoms with Gasteiger partial charge >= 0.3 is 23.9 Å². The van der Waals surface area contributed by atoms with Crippen LogP contribution in [0.2, 0.25) is 0 Å². The molecule has 1 rings (SSSR count). The number of allylic oxidation sites excluding steroid dienone is 1. The first-order chi connectivity index (χ1) is 18.0. The summed E-state index contributed by atoms with van der Waals surface area (Å²) in [5, 5.41) is 16.7. The summed E-state index contributed by atoms with van der Waals surface area (Å²) in [6.07, 6.45) is 8.35. The van der Waals surface area contributed by atoms with Crippen molar-refractivity contribution in [2.75, 3.05) is 26.9 Å². The molecule has 0 bridgehead atoms. The fourth-order valence-electron chi connectivity index (χ4n) is 2.12. The number of methoxy groups -OCH3 is 1. The molecule has 0 aliphatic rings. The van der Waals surface area contributed by atoms with Crippen molar-refractivity contribution < 1.29 is 43.6 Å². The molecule has 0 aliphatic heterocycles. The fraction of sp³-hybridized carbons (Fsp3) is 0.310. The molecule has 9 nitrogen and oxygen atoms in total. The number of carbonyl (C=O) groups excluding carboxylic acids is 3. The number of carboxylic acids is 1. The molecule has 9 heteroatoms. The largest absolute Gasteiger partial charge is 0.478 e. The number of hydrogen-bond donors (Lipinski definition) is 2. The maximum Gasteiger partial charge on any atom is 0.337 e. The van der Waals surface area contributed by atoms with E-state index in [1.165, 1.54) is 20.1 Å². The Hall–Kier alpha value is -4.24. The van der Waals surface area contributed by atoms with Crippen LogP contribution in [0.4, 0.5) is 0 Å². The van der Waals surface area contributed by atoms with Gasteiger partial charge < -0.3 is 24.4 Å². The number of esters is 3. The first kappa shape index (κ1) is 35.9. The molecule has 38 heavy (non-hydrogen) atoms. The molecule has 208 valence electrons. The second-order valence-corrected chi connectivity index (χ2v) is 7.35. The van der Waals surface area contributed by atoms with E-state index in [9.17, 15) is 19.2 Å². The van der Waals surface area contributed by atoms with Gasteiger partial charge in [0.2, 0.25) is 0 Å². The van der Waals surface area contributed by atoms with Gasteiger partial charge in [0.05, 0.1) is 25.9 Å². The van der Waals surface area contributed by atoms with Crippen molar-refractivity contribution in [3.63, 3.8) is 0 Å². The Morgan fingerprint density at radius 1 is 1.00 bits per heavy atom. The number of unbranched alkanes of at least 4 members (excludes halogenated alkanes) is 1. The Kier molecular flexibility index (Phi) is 21.9. The number of ether oxygens (including phenoxy) is 3. The first-order valence-electron chi connectivity index (χ1n) is 11.7. The van der Waals surface area contributed by atoms with Gasteiger partial charge in [0.1, 0.15) is 6.61 Å². The van der Waals surface area contributed by atoms with Gasteiger partial charge in [-0.25, -0.2) is 19.2 Å². The third-order valence-corrected chi connectivity index (χ3v) is 4.17. The molecule has 0 unspecified atom stereocenters. The van der Waals surface area contributed by atoms with E-state index in [4.69, 9.17) is 14.9 Å². The van der Waals surface area contributed by atoms with Crippen molar-refractivity contribution in [1.82, 2.24) is 0 Å². The van der Waals surface area contributed by atoms with E-state index in [1.54, 1.807) is 0 Å². The van der Waals surface area contributed by atoms with Crippen LogP contribution >= 0.6 is 0 Å².